The van der Waals surface area contributed by atoms with Gasteiger partial charge in [0.1, 0.15) is 12.4 Å². The van der Waals surface area contributed by atoms with Crippen molar-refractivity contribution in [2.75, 3.05) is 52.3 Å². The van der Waals surface area contributed by atoms with E-state index in [1.165, 1.54) is 4.31 Å². The van der Waals surface area contributed by atoms with Gasteiger partial charge < -0.3 is 20.1 Å². The first-order chi connectivity index (χ1) is 14.3. The first-order valence-electron chi connectivity index (χ1n) is 10.6. The fourth-order valence-electron chi connectivity index (χ4n) is 2.66. The Labute approximate surface area is 182 Å². The van der Waals surface area contributed by atoms with Gasteiger partial charge in [0.25, 0.3) is 0 Å². The van der Waals surface area contributed by atoms with E-state index in [0.29, 0.717) is 51.8 Å². The molecule has 0 radical (unpaired) electrons. The lowest BCUT2D eigenvalue weighted by Gasteiger charge is -2.17. The standard InChI is InChI=1S/C21H38N4O4S/c1-6-22-21(23-12-9-13-25(5)30(26,27)8-3)24-17-19-11-10-18(4)16-20(19)29-15-14-28-7-2/h10-11,16H,6-9,12-15,17H2,1-5H3,(H2,22,23,24). The number of hydrogen-bond donors (Lipinski definition) is 2. The van der Waals surface area contributed by atoms with Gasteiger partial charge in [-0.2, -0.15) is 0 Å². The first-order valence-corrected chi connectivity index (χ1v) is 12.2. The normalized spacial score (nSPS) is 12.3. The highest BCUT2D eigenvalue weighted by molar-refractivity contribution is 7.89. The van der Waals surface area contributed by atoms with E-state index in [2.05, 4.69) is 15.6 Å². The molecule has 0 fully saturated rings. The zero-order valence-electron chi connectivity index (χ0n) is 19.0. The third-order valence-electron chi connectivity index (χ3n) is 4.45. The van der Waals surface area contributed by atoms with Crippen LogP contribution < -0.4 is 15.4 Å². The molecular formula is C21H38N4O4S. The summed E-state index contributed by atoms with van der Waals surface area (Å²) in [5.41, 5.74) is 2.13. The Bertz CT molecular complexity index is 753. The predicted molar refractivity (Wildman–Crippen MR) is 123 cm³/mol. The fourth-order valence-corrected chi connectivity index (χ4v) is 3.50. The van der Waals surface area contributed by atoms with Gasteiger partial charge in [0.05, 0.1) is 18.9 Å². The topological polar surface area (TPSA) is 92.3 Å². The van der Waals surface area contributed by atoms with Crippen LogP contribution in [-0.2, 0) is 21.3 Å². The second-order valence-electron chi connectivity index (χ2n) is 6.85. The molecule has 0 saturated heterocycles. The van der Waals surface area contributed by atoms with Crippen LogP contribution in [0.2, 0.25) is 0 Å². The highest BCUT2D eigenvalue weighted by Crippen LogP contribution is 2.21. The summed E-state index contributed by atoms with van der Waals surface area (Å²) < 4.78 is 36.2. The van der Waals surface area contributed by atoms with E-state index in [9.17, 15) is 8.42 Å². The molecule has 30 heavy (non-hydrogen) atoms. The van der Waals surface area contributed by atoms with E-state index in [-0.39, 0.29) is 5.75 Å². The summed E-state index contributed by atoms with van der Waals surface area (Å²) in [6.07, 6.45) is 0.691. The molecule has 172 valence electrons. The van der Waals surface area contributed by atoms with Crippen LogP contribution in [0.3, 0.4) is 0 Å². The maximum absolute atomic E-state index is 11.8. The van der Waals surface area contributed by atoms with Crippen LogP contribution in [0.4, 0.5) is 0 Å². The van der Waals surface area contributed by atoms with Crippen LogP contribution in [0.15, 0.2) is 23.2 Å². The third kappa shape index (κ3) is 9.77. The monoisotopic (exact) mass is 442 g/mol. The van der Waals surface area contributed by atoms with Crippen molar-refractivity contribution in [3.63, 3.8) is 0 Å². The van der Waals surface area contributed by atoms with Crippen molar-refractivity contribution in [2.24, 2.45) is 4.99 Å². The molecule has 9 heteroatoms. The summed E-state index contributed by atoms with van der Waals surface area (Å²) in [6.45, 7) is 11.7. The Morgan fingerprint density at radius 3 is 2.60 bits per heavy atom. The quantitative estimate of drug-likeness (QED) is 0.261. The molecule has 0 heterocycles. The number of guanidine groups is 1. The molecule has 8 nitrogen and oxygen atoms in total. The van der Waals surface area contributed by atoms with Gasteiger partial charge in [-0.25, -0.2) is 17.7 Å². The molecule has 2 N–H and O–H groups in total. The summed E-state index contributed by atoms with van der Waals surface area (Å²) in [6, 6.07) is 6.09. The zero-order valence-corrected chi connectivity index (χ0v) is 19.8. The van der Waals surface area contributed by atoms with E-state index >= 15 is 0 Å². The number of rotatable bonds is 14. The van der Waals surface area contributed by atoms with Crippen molar-refractivity contribution in [3.05, 3.63) is 29.3 Å². The van der Waals surface area contributed by atoms with Gasteiger partial charge in [-0.1, -0.05) is 12.1 Å². The molecule has 0 aliphatic heterocycles. The van der Waals surface area contributed by atoms with Crippen molar-refractivity contribution in [1.29, 1.82) is 0 Å². The van der Waals surface area contributed by atoms with E-state index in [0.717, 1.165) is 23.4 Å². The van der Waals surface area contributed by atoms with Crippen LogP contribution in [0, 0.1) is 6.92 Å². The van der Waals surface area contributed by atoms with Crippen LogP contribution in [-0.4, -0.2) is 70.9 Å². The maximum atomic E-state index is 11.8. The van der Waals surface area contributed by atoms with Gasteiger partial charge in [0.2, 0.25) is 10.0 Å². The Kier molecular flexibility index (Phi) is 12.4. The number of nitrogens with one attached hydrogen (secondary N) is 2. The molecule has 0 aliphatic rings. The maximum Gasteiger partial charge on any atom is 0.213 e. The first kappa shape index (κ1) is 26.2. The Hall–Kier alpha value is -1.84. The van der Waals surface area contributed by atoms with Crippen LogP contribution >= 0.6 is 0 Å². The van der Waals surface area contributed by atoms with E-state index in [1.54, 1.807) is 14.0 Å². The number of aliphatic imine (C=N–C) groups is 1. The fraction of sp³-hybridized carbons (Fsp3) is 0.667. The minimum absolute atomic E-state index is 0.118. The lowest BCUT2D eigenvalue weighted by molar-refractivity contribution is 0.110. The molecular weight excluding hydrogens is 404 g/mol. The Balaban J connectivity index is 2.65. The van der Waals surface area contributed by atoms with Crippen LogP contribution in [0.25, 0.3) is 0 Å². The molecule has 0 saturated carbocycles. The summed E-state index contributed by atoms with van der Waals surface area (Å²) >= 11 is 0. The van der Waals surface area contributed by atoms with Crippen molar-refractivity contribution < 1.29 is 17.9 Å². The van der Waals surface area contributed by atoms with Gasteiger partial charge >= 0.3 is 0 Å². The molecule has 0 spiro atoms. The number of aryl methyl sites for hydroxylation is 1. The van der Waals surface area contributed by atoms with E-state index in [4.69, 9.17) is 9.47 Å². The largest absolute Gasteiger partial charge is 0.491 e. The molecule has 0 bridgehead atoms. The third-order valence-corrected chi connectivity index (χ3v) is 6.31. The van der Waals surface area contributed by atoms with Gasteiger partial charge in [0.15, 0.2) is 5.96 Å². The lowest BCUT2D eigenvalue weighted by atomic mass is 10.1. The molecule has 1 aromatic carbocycles. The molecule has 1 aromatic rings. The van der Waals surface area contributed by atoms with Gasteiger partial charge in [-0.05, 0) is 45.7 Å². The summed E-state index contributed by atoms with van der Waals surface area (Å²) in [5, 5.41) is 6.48. The van der Waals surface area contributed by atoms with Gasteiger partial charge in [-0.15, -0.1) is 0 Å². The SMILES string of the molecule is CCNC(=NCc1ccc(C)cc1OCCOCC)NCCCN(C)S(=O)(=O)CC. The lowest BCUT2D eigenvalue weighted by Crippen LogP contribution is -2.39. The highest BCUT2D eigenvalue weighted by Gasteiger charge is 2.14. The van der Waals surface area contributed by atoms with Crippen molar-refractivity contribution in [2.45, 2.75) is 40.7 Å². The van der Waals surface area contributed by atoms with E-state index in [1.807, 2.05) is 39.0 Å². The Morgan fingerprint density at radius 2 is 1.93 bits per heavy atom. The molecule has 1 rings (SSSR count). The second-order valence-corrected chi connectivity index (χ2v) is 9.22. The number of sulfonamides is 1. The highest BCUT2D eigenvalue weighted by atomic mass is 32.2. The minimum Gasteiger partial charge on any atom is -0.491 e. The predicted octanol–water partition coefficient (Wildman–Crippen LogP) is 2.14. The molecule has 0 amide bonds. The van der Waals surface area contributed by atoms with E-state index < -0.39 is 10.0 Å². The zero-order chi connectivity index (χ0) is 22.4. The smallest absolute Gasteiger partial charge is 0.213 e. The van der Waals surface area contributed by atoms with Crippen molar-refractivity contribution in [1.82, 2.24) is 14.9 Å². The van der Waals surface area contributed by atoms with Crippen LogP contribution in [0.5, 0.6) is 5.75 Å². The average molecular weight is 443 g/mol. The number of hydrogen-bond acceptors (Lipinski definition) is 5. The summed E-state index contributed by atoms with van der Waals surface area (Å²) in [4.78, 5) is 4.65. The number of benzene rings is 1. The second kappa shape index (κ2) is 14.2. The molecule has 0 aliphatic carbocycles. The van der Waals surface area contributed by atoms with Crippen LogP contribution in [0.1, 0.15) is 38.3 Å². The van der Waals surface area contributed by atoms with Crippen molar-refractivity contribution >= 4 is 16.0 Å². The number of ether oxygens (including phenoxy) is 2. The summed E-state index contributed by atoms with van der Waals surface area (Å²) in [7, 11) is -1.52. The summed E-state index contributed by atoms with van der Waals surface area (Å²) in [5.74, 6) is 1.63. The van der Waals surface area contributed by atoms with Gasteiger partial charge in [0, 0.05) is 38.9 Å². The Morgan fingerprint density at radius 1 is 1.17 bits per heavy atom. The average Bonchev–Trinajstić information content (AvgIpc) is 2.73. The minimum atomic E-state index is -3.14. The number of nitrogens with zero attached hydrogens (tertiary/aromatic N) is 2. The molecule has 0 unspecified atom stereocenters. The molecule has 0 atom stereocenters. The van der Waals surface area contributed by atoms with Gasteiger partial charge in [-0.3, -0.25) is 0 Å². The van der Waals surface area contributed by atoms with Crippen molar-refractivity contribution in [3.8, 4) is 5.75 Å². The molecule has 0 aromatic heterocycles.